The van der Waals surface area contributed by atoms with Gasteiger partial charge >= 0.3 is 22.2 Å². The SMILES string of the molecule is CCOC(=O)C(C)(C)COS(=O)(=O)N1C(=O)[C@@H](NC(=O)C(=NOC(C)(C)C(=O)O)c2csc(N)n2)[C@@H]1C. The van der Waals surface area contributed by atoms with E-state index in [0.29, 0.717) is 4.31 Å². The maximum absolute atomic E-state index is 12.9. The minimum absolute atomic E-state index is 0.0466. The summed E-state index contributed by atoms with van der Waals surface area (Å²) < 4.78 is 35.5. The van der Waals surface area contributed by atoms with Crippen molar-refractivity contribution in [1.29, 1.82) is 0 Å². The molecule has 4 N–H and O–H groups in total. The second-order valence-electron chi connectivity index (χ2n) is 9.07. The summed E-state index contributed by atoms with van der Waals surface area (Å²) in [6.07, 6.45) is 0. The highest BCUT2D eigenvalue weighted by Crippen LogP contribution is 2.27. The topological polar surface area (TPSA) is 217 Å². The number of carbonyl (C=O) groups excluding carboxylic acids is 3. The first-order valence-electron chi connectivity index (χ1n) is 10.9. The van der Waals surface area contributed by atoms with Crippen molar-refractivity contribution in [2.24, 2.45) is 10.6 Å². The van der Waals surface area contributed by atoms with Gasteiger partial charge in [-0.15, -0.1) is 11.3 Å². The Morgan fingerprint density at radius 1 is 1.30 bits per heavy atom. The molecule has 0 radical (unpaired) electrons. The van der Waals surface area contributed by atoms with Gasteiger partial charge in [0.15, 0.2) is 10.8 Å². The Morgan fingerprint density at radius 2 is 1.92 bits per heavy atom. The highest BCUT2D eigenvalue weighted by molar-refractivity contribution is 7.85. The first kappa shape index (κ1) is 29.9. The molecule has 1 aliphatic rings. The number of carboxylic acid groups (broad SMARTS) is 1. The van der Waals surface area contributed by atoms with Gasteiger partial charge in [0, 0.05) is 5.38 Å². The Kier molecular flexibility index (Phi) is 8.87. The van der Waals surface area contributed by atoms with Crippen molar-refractivity contribution in [3.05, 3.63) is 11.1 Å². The van der Waals surface area contributed by atoms with Crippen molar-refractivity contribution in [3.8, 4) is 0 Å². The van der Waals surface area contributed by atoms with Crippen LogP contribution in [0.3, 0.4) is 0 Å². The molecular formula is C20H29N5O10S2. The van der Waals surface area contributed by atoms with Crippen LogP contribution in [0.15, 0.2) is 10.5 Å². The van der Waals surface area contributed by atoms with E-state index in [-0.39, 0.29) is 17.4 Å². The van der Waals surface area contributed by atoms with E-state index in [4.69, 9.17) is 19.5 Å². The number of rotatable bonds is 12. The molecule has 1 saturated heterocycles. The van der Waals surface area contributed by atoms with E-state index in [1.165, 1.54) is 40.0 Å². The number of hydrogen-bond acceptors (Lipinski definition) is 13. The van der Waals surface area contributed by atoms with Gasteiger partial charge in [-0.3, -0.25) is 18.6 Å². The number of amides is 2. The standard InChI is InChI=1S/C20H29N5O10S2/c1-7-33-17(30)19(3,4)9-34-37(31,32)25-10(2)12(15(25)27)23-14(26)13(11-8-36-18(21)22-11)24-35-20(5,6)16(28)29/h8,10,12H,7,9H2,1-6H3,(H2,21,22)(H,23,26)(H,28,29)/t10-,12-/m0/s1. The molecule has 1 aromatic heterocycles. The molecule has 0 saturated carbocycles. The van der Waals surface area contributed by atoms with E-state index >= 15 is 0 Å². The van der Waals surface area contributed by atoms with E-state index in [2.05, 4.69) is 15.5 Å². The number of ether oxygens (including phenoxy) is 1. The van der Waals surface area contributed by atoms with Gasteiger partial charge < -0.3 is 25.7 Å². The number of nitrogens with one attached hydrogen (secondary N) is 1. The van der Waals surface area contributed by atoms with Crippen LogP contribution in [0.5, 0.6) is 0 Å². The number of esters is 1. The minimum atomic E-state index is -4.60. The van der Waals surface area contributed by atoms with Crippen LogP contribution in [0.1, 0.15) is 47.2 Å². The van der Waals surface area contributed by atoms with Crippen LogP contribution in [0.4, 0.5) is 5.13 Å². The van der Waals surface area contributed by atoms with Crippen LogP contribution in [-0.4, -0.2) is 83.2 Å². The Bertz CT molecular complexity index is 1210. The largest absolute Gasteiger partial charge is 0.478 e. The molecule has 17 heteroatoms. The summed E-state index contributed by atoms with van der Waals surface area (Å²) in [5.74, 6) is -4.03. The molecular weight excluding hydrogens is 534 g/mol. The molecule has 2 rings (SSSR count). The van der Waals surface area contributed by atoms with Crippen molar-refractivity contribution in [3.63, 3.8) is 0 Å². The van der Waals surface area contributed by atoms with Crippen LogP contribution in [0.2, 0.25) is 0 Å². The second-order valence-corrected chi connectivity index (χ2v) is 11.4. The molecule has 2 amide bonds. The Morgan fingerprint density at radius 3 is 2.41 bits per heavy atom. The first-order valence-corrected chi connectivity index (χ1v) is 13.1. The summed E-state index contributed by atoms with van der Waals surface area (Å²) in [7, 11) is -4.60. The molecule has 2 heterocycles. The monoisotopic (exact) mass is 563 g/mol. The minimum Gasteiger partial charge on any atom is -0.478 e. The predicted molar refractivity (Wildman–Crippen MR) is 129 cm³/mol. The molecule has 0 spiro atoms. The molecule has 0 bridgehead atoms. The van der Waals surface area contributed by atoms with E-state index in [1.807, 2.05) is 0 Å². The fourth-order valence-corrected chi connectivity index (χ4v) is 4.73. The number of nitrogens with two attached hydrogens (primary N) is 1. The van der Waals surface area contributed by atoms with Gasteiger partial charge in [0.2, 0.25) is 5.60 Å². The van der Waals surface area contributed by atoms with Crippen molar-refractivity contribution in [2.75, 3.05) is 18.9 Å². The summed E-state index contributed by atoms with van der Waals surface area (Å²) in [6, 6.07) is -2.36. The molecule has 1 aliphatic heterocycles. The number of oxime groups is 1. The number of carbonyl (C=O) groups is 4. The number of nitrogens with zero attached hydrogens (tertiary/aromatic N) is 3. The van der Waals surface area contributed by atoms with Gasteiger partial charge in [-0.05, 0) is 41.5 Å². The zero-order valence-electron chi connectivity index (χ0n) is 21.0. The van der Waals surface area contributed by atoms with Crippen molar-refractivity contribution >= 4 is 56.2 Å². The fourth-order valence-electron chi connectivity index (χ4n) is 2.77. The lowest BCUT2D eigenvalue weighted by Gasteiger charge is -2.43. The highest BCUT2D eigenvalue weighted by Gasteiger charge is 2.53. The van der Waals surface area contributed by atoms with Crippen LogP contribution in [0, 0.1) is 5.41 Å². The zero-order valence-corrected chi connectivity index (χ0v) is 22.6. The Hall–Kier alpha value is -3.31. The average Bonchev–Trinajstić information content (AvgIpc) is 3.22. The number of thiazole rings is 1. The van der Waals surface area contributed by atoms with E-state index in [9.17, 15) is 32.7 Å². The summed E-state index contributed by atoms with van der Waals surface area (Å²) >= 11 is 0.976. The lowest BCUT2D eigenvalue weighted by molar-refractivity contribution is -0.161. The van der Waals surface area contributed by atoms with Crippen molar-refractivity contribution in [1.82, 2.24) is 14.6 Å². The van der Waals surface area contributed by atoms with Gasteiger partial charge in [-0.1, -0.05) is 5.16 Å². The lowest BCUT2D eigenvalue weighted by atomic mass is 9.95. The molecule has 15 nitrogen and oxygen atoms in total. The third-order valence-corrected chi connectivity index (χ3v) is 7.20. The number of hydrogen-bond donors (Lipinski definition) is 3. The third kappa shape index (κ3) is 6.72. The summed E-state index contributed by atoms with van der Waals surface area (Å²) in [4.78, 5) is 57.8. The first-order chi connectivity index (χ1) is 16.9. The second kappa shape index (κ2) is 11.0. The maximum Gasteiger partial charge on any atom is 0.365 e. The van der Waals surface area contributed by atoms with Gasteiger partial charge in [-0.25, -0.2) is 14.1 Å². The number of carboxylic acids is 1. The van der Waals surface area contributed by atoms with Gasteiger partial charge in [0.25, 0.3) is 11.8 Å². The van der Waals surface area contributed by atoms with Gasteiger partial charge in [-0.2, -0.15) is 8.42 Å². The summed E-state index contributed by atoms with van der Waals surface area (Å²) in [5, 5.41) is 16.6. The van der Waals surface area contributed by atoms with E-state index in [0.717, 1.165) is 11.3 Å². The number of aromatic nitrogens is 1. The molecule has 2 atom stereocenters. The van der Waals surface area contributed by atoms with E-state index < -0.39 is 69.5 Å². The number of β-lactam (4-membered cyclic amide) rings is 1. The van der Waals surface area contributed by atoms with Crippen LogP contribution in [0.25, 0.3) is 0 Å². The normalized spacial score (nSPS) is 18.7. The van der Waals surface area contributed by atoms with Crippen molar-refractivity contribution < 1.29 is 46.5 Å². The number of nitrogen functional groups attached to an aromatic ring is 1. The third-order valence-electron chi connectivity index (χ3n) is 5.12. The number of aliphatic carboxylic acids is 1. The van der Waals surface area contributed by atoms with Crippen LogP contribution < -0.4 is 11.1 Å². The summed E-state index contributed by atoms with van der Waals surface area (Å²) in [5.41, 5.74) is 1.98. The predicted octanol–water partition coefficient (Wildman–Crippen LogP) is -0.125. The molecule has 0 unspecified atom stereocenters. The smallest absolute Gasteiger partial charge is 0.365 e. The number of anilines is 1. The van der Waals surface area contributed by atoms with Crippen molar-refractivity contribution in [2.45, 2.75) is 59.2 Å². The maximum atomic E-state index is 12.9. The molecule has 1 fully saturated rings. The Balaban J connectivity index is 2.16. The quantitative estimate of drug-likeness (QED) is 0.131. The molecule has 206 valence electrons. The van der Waals surface area contributed by atoms with Gasteiger partial charge in [0.05, 0.1) is 24.7 Å². The highest BCUT2D eigenvalue weighted by atomic mass is 32.2. The molecule has 37 heavy (non-hydrogen) atoms. The zero-order chi connectivity index (χ0) is 28.3. The molecule has 0 aliphatic carbocycles. The Labute approximate surface area is 217 Å². The summed E-state index contributed by atoms with van der Waals surface area (Å²) in [6.45, 7) is 7.70. The molecule has 1 aromatic rings. The lowest BCUT2D eigenvalue weighted by Crippen LogP contribution is -2.71. The average molecular weight is 564 g/mol. The van der Waals surface area contributed by atoms with Crippen LogP contribution >= 0.6 is 11.3 Å². The van der Waals surface area contributed by atoms with Gasteiger partial charge in [0.1, 0.15) is 11.7 Å². The van der Waals surface area contributed by atoms with Crippen LogP contribution in [-0.2, 0) is 43.2 Å². The van der Waals surface area contributed by atoms with E-state index in [1.54, 1.807) is 6.92 Å². The fraction of sp³-hybridized carbons (Fsp3) is 0.600. The molecule has 0 aromatic carbocycles.